The van der Waals surface area contributed by atoms with Gasteiger partial charge in [-0.3, -0.25) is 9.36 Å². The van der Waals surface area contributed by atoms with Gasteiger partial charge in [0, 0.05) is 6.54 Å². The summed E-state index contributed by atoms with van der Waals surface area (Å²) in [6.45, 7) is 2.58. The van der Waals surface area contributed by atoms with Gasteiger partial charge in [-0.1, -0.05) is 36.8 Å². The number of aromatic nitrogens is 1. The highest BCUT2D eigenvalue weighted by atomic mass is 32.1. The number of benzene rings is 1. The normalized spacial score (nSPS) is 10.6. The largest absolute Gasteiger partial charge is 0.428 e. The summed E-state index contributed by atoms with van der Waals surface area (Å²) in [5.41, 5.74) is 0.791. The zero-order valence-electron chi connectivity index (χ0n) is 10.7. The van der Waals surface area contributed by atoms with Crippen LogP contribution in [0.15, 0.2) is 29.1 Å². The molecule has 6 heteroatoms. The number of unbranched alkanes of at least 4 members (excludes halogenated alkanes) is 1. The number of rotatable bonds is 5. The number of nitrogens with zero attached hydrogens (tertiary/aromatic N) is 1. The molecule has 0 saturated carbocycles. The lowest BCUT2D eigenvalue weighted by atomic mass is 10.3. The molecule has 5 nitrogen and oxygen atoms in total. The predicted molar refractivity (Wildman–Crippen MR) is 75.5 cm³/mol. The molecule has 0 aliphatic carbocycles. The first kappa shape index (κ1) is 13.6. The maximum atomic E-state index is 11.8. The van der Waals surface area contributed by atoms with E-state index in [1.54, 1.807) is 0 Å². The lowest BCUT2D eigenvalue weighted by Gasteiger charge is -2.07. The molecule has 2 rings (SSSR count). The molecule has 0 unspecified atom stereocenters. The Hall–Kier alpha value is -1.82. The highest BCUT2D eigenvalue weighted by Crippen LogP contribution is 2.16. The number of para-hydroxylation sites is 1. The first-order valence-corrected chi connectivity index (χ1v) is 7.03. The van der Waals surface area contributed by atoms with Gasteiger partial charge in [0.2, 0.25) is 0 Å². The van der Waals surface area contributed by atoms with Crippen molar-refractivity contribution in [3.63, 3.8) is 0 Å². The van der Waals surface area contributed by atoms with Gasteiger partial charge in [0.1, 0.15) is 0 Å². The van der Waals surface area contributed by atoms with Crippen LogP contribution in [0.25, 0.3) is 10.2 Å². The fourth-order valence-corrected chi connectivity index (χ4v) is 2.56. The third-order valence-electron chi connectivity index (χ3n) is 2.70. The van der Waals surface area contributed by atoms with Crippen molar-refractivity contribution in [2.45, 2.75) is 26.5 Å². The number of thiazole rings is 1. The number of hydrogen-bond donors (Lipinski definition) is 1. The van der Waals surface area contributed by atoms with Crippen LogP contribution in [0.1, 0.15) is 19.8 Å². The lowest BCUT2D eigenvalue weighted by Crippen LogP contribution is -2.27. The molecule has 1 N–H and O–H groups in total. The van der Waals surface area contributed by atoms with E-state index in [1.807, 2.05) is 31.2 Å². The van der Waals surface area contributed by atoms with Gasteiger partial charge in [-0.05, 0) is 18.6 Å². The van der Waals surface area contributed by atoms with Crippen LogP contribution in [0.4, 0.5) is 4.79 Å². The van der Waals surface area contributed by atoms with E-state index >= 15 is 0 Å². The van der Waals surface area contributed by atoms with E-state index in [-0.39, 0.29) is 11.6 Å². The Kier molecular flexibility index (Phi) is 4.57. The molecule has 1 amide bonds. The van der Waals surface area contributed by atoms with Crippen molar-refractivity contribution >= 4 is 27.6 Å². The van der Waals surface area contributed by atoms with Gasteiger partial charge in [-0.15, -0.1) is 0 Å². The number of amides is 1. The van der Waals surface area contributed by atoms with Gasteiger partial charge in [0.15, 0.2) is 6.73 Å². The first-order valence-electron chi connectivity index (χ1n) is 6.21. The van der Waals surface area contributed by atoms with E-state index in [0.717, 1.165) is 34.4 Å². The van der Waals surface area contributed by atoms with Gasteiger partial charge in [0.25, 0.3) is 0 Å². The molecule has 0 aliphatic heterocycles. The van der Waals surface area contributed by atoms with Crippen LogP contribution in [0, 0.1) is 0 Å². The van der Waals surface area contributed by atoms with Crippen LogP contribution in [-0.4, -0.2) is 17.2 Å². The van der Waals surface area contributed by atoms with E-state index in [2.05, 4.69) is 5.32 Å². The van der Waals surface area contributed by atoms with Crippen LogP contribution in [0.3, 0.4) is 0 Å². The molecule has 0 fully saturated rings. The van der Waals surface area contributed by atoms with Crippen molar-refractivity contribution in [2.75, 3.05) is 6.54 Å². The predicted octanol–water partition coefficient (Wildman–Crippen LogP) is 2.55. The molecular weight excluding hydrogens is 264 g/mol. The van der Waals surface area contributed by atoms with E-state index in [4.69, 9.17) is 4.74 Å². The Morgan fingerprint density at radius 1 is 1.42 bits per heavy atom. The summed E-state index contributed by atoms with van der Waals surface area (Å²) in [5, 5.41) is 2.64. The molecule has 102 valence electrons. The molecule has 0 spiro atoms. The van der Waals surface area contributed by atoms with Crippen molar-refractivity contribution in [3.05, 3.63) is 33.9 Å². The van der Waals surface area contributed by atoms with Crippen molar-refractivity contribution in [1.82, 2.24) is 9.88 Å². The Bertz CT molecular complexity index is 618. The minimum Gasteiger partial charge on any atom is -0.428 e. The summed E-state index contributed by atoms with van der Waals surface area (Å²) in [4.78, 5) is 23.1. The quantitative estimate of drug-likeness (QED) is 0.856. The molecule has 19 heavy (non-hydrogen) atoms. The maximum Gasteiger partial charge on any atom is 0.408 e. The zero-order valence-corrected chi connectivity index (χ0v) is 11.5. The average molecular weight is 280 g/mol. The molecule has 1 aromatic carbocycles. The highest BCUT2D eigenvalue weighted by Gasteiger charge is 2.08. The van der Waals surface area contributed by atoms with Gasteiger partial charge in [-0.25, -0.2) is 4.79 Å². The minimum atomic E-state index is -0.490. The van der Waals surface area contributed by atoms with Crippen LogP contribution in [0.5, 0.6) is 0 Å². The van der Waals surface area contributed by atoms with Crippen LogP contribution in [-0.2, 0) is 11.5 Å². The summed E-state index contributed by atoms with van der Waals surface area (Å²) >= 11 is 1.15. The number of hydrogen-bond acceptors (Lipinski definition) is 4. The second kappa shape index (κ2) is 6.38. The van der Waals surface area contributed by atoms with Crippen molar-refractivity contribution < 1.29 is 9.53 Å². The summed E-state index contributed by atoms with van der Waals surface area (Å²) in [7, 11) is 0. The minimum absolute atomic E-state index is 0.0548. The lowest BCUT2D eigenvalue weighted by molar-refractivity contribution is 0.115. The Balaban J connectivity index is 2.00. The molecule has 2 aromatic rings. The number of fused-ring (bicyclic) bond motifs is 1. The summed E-state index contributed by atoms with van der Waals surface area (Å²) < 4.78 is 7.39. The summed E-state index contributed by atoms with van der Waals surface area (Å²) in [5.74, 6) is 0. The SMILES string of the molecule is CCCCNC(=O)OCn1c(=O)sc2ccccc21. The van der Waals surface area contributed by atoms with Crippen LogP contribution in [0.2, 0.25) is 0 Å². The Morgan fingerprint density at radius 2 is 2.21 bits per heavy atom. The number of carbonyl (C=O) groups is 1. The van der Waals surface area contributed by atoms with E-state index < -0.39 is 6.09 Å². The van der Waals surface area contributed by atoms with Gasteiger partial charge in [-0.2, -0.15) is 0 Å². The molecule has 0 aliphatic rings. The first-order chi connectivity index (χ1) is 9.22. The molecule has 1 aromatic heterocycles. The smallest absolute Gasteiger partial charge is 0.408 e. The molecule has 1 heterocycles. The van der Waals surface area contributed by atoms with Crippen LogP contribution < -0.4 is 10.2 Å². The van der Waals surface area contributed by atoms with E-state index in [1.165, 1.54) is 4.57 Å². The van der Waals surface area contributed by atoms with Crippen molar-refractivity contribution in [1.29, 1.82) is 0 Å². The van der Waals surface area contributed by atoms with E-state index in [9.17, 15) is 9.59 Å². The number of nitrogens with one attached hydrogen (secondary N) is 1. The highest BCUT2D eigenvalue weighted by molar-refractivity contribution is 7.16. The molecular formula is C13H16N2O3S. The summed E-state index contributed by atoms with van der Waals surface area (Å²) in [6, 6.07) is 7.44. The molecule has 0 bridgehead atoms. The third kappa shape index (κ3) is 3.35. The van der Waals surface area contributed by atoms with Crippen LogP contribution >= 0.6 is 11.3 Å². The standard InChI is InChI=1S/C13H16N2O3S/c1-2-3-8-14-12(16)18-9-15-10-6-4-5-7-11(10)19-13(15)17/h4-7H,2-3,8-9H2,1H3,(H,14,16). The second-order valence-electron chi connectivity index (χ2n) is 4.10. The fraction of sp³-hybridized carbons (Fsp3) is 0.385. The Morgan fingerprint density at radius 3 is 3.00 bits per heavy atom. The zero-order chi connectivity index (χ0) is 13.7. The number of carbonyl (C=O) groups excluding carboxylic acids is 1. The monoisotopic (exact) mass is 280 g/mol. The number of alkyl carbamates (subject to hydrolysis) is 1. The second-order valence-corrected chi connectivity index (χ2v) is 5.10. The van der Waals surface area contributed by atoms with Gasteiger partial charge < -0.3 is 10.1 Å². The topological polar surface area (TPSA) is 60.3 Å². The van der Waals surface area contributed by atoms with Crippen molar-refractivity contribution in [2.24, 2.45) is 0 Å². The molecule has 0 atom stereocenters. The maximum absolute atomic E-state index is 11.8. The average Bonchev–Trinajstić information content (AvgIpc) is 2.72. The fourth-order valence-electron chi connectivity index (χ4n) is 1.68. The number of ether oxygens (including phenoxy) is 1. The molecule has 0 radical (unpaired) electrons. The third-order valence-corrected chi connectivity index (χ3v) is 3.66. The molecule has 0 saturated heterocycles. The summed E-state index contributed by atoms with van der Waals surface area (Å²) in [6.07, 6.45) is 1.43. The van der Waals surface area contributed by atoms with E-state index in [0.29, 0.717) is 6.54 Å². The Labute approximate surface area is 114 Å². The van der Waals surface area contributed by atoms with Gasteiger partial charge in [0.05, 0.1) is 10.2 Å². The van der Waals surface area contributed by atoms with Gasteiger partial charge >= 0.3 is 11.0 Å². The van der Waals surface area contributed by atoms with Crippen molar-refractivity contribution in [3.8, 4) is 0 Å².